The van der Waals surface area contributed by atoms with Crippen LogP contribution in [0.3, 0.4) is 0 Å². The van der Waals surface area contributed by atoms with Crippen LogP contribution in [0.25, 0.3) is 0 Å². The van der Waals surface area contributed by atoms with Crippen molar-refractivity contribution in [3.8, 4) is 0 Å². The first-order valence-electron chi connectivity index (χ1n) is 6.49. The van der Waals surface area contributed by atoms with E-state index in [1.54, 1.807) is 0 Å². The van der Waals surface area contributed by atoms with Crippen molar-refractivity contribution in [3.05, 3.63) is 25.3 Å². The molecule has 1 amide bonds. The maximum absolute atomic E-state index is 12.6. The largest absolute Gasteiger partial charge is 0.332 e. The summed E-state index contributed by atoms with van der Waals surface area (Å²) in [5.41, 5.74) is 0. The van der Waals surface area contributed by atoms with E-state index in [0.29, 0.717) is 6.04 Å². The van der Waals surface area contributed by atoms with Gasteiger partial charge in [0.05, 0.1) is 12.1 Å². The Balaban J connectivity index is 2.12. The molecule has 0 saturated carbocycles. The normalized spacial score (nSPS) is 37.1. The highest BCUT2D eigenvalue weighted by atomic mass is 16.2. The summed E-state index contributed by atoms with van der Waals surface area (Å²) in [6, 6.07) is 0.472. The number of likely N-dealkylation sites (tertiary alicyclic amines) is 1. The average Bonchev–Trinajstić information content (AvgIpc) is 2.93. The maximum atomic E-state index is 12.6. The Morgan fingerprint density at radius 2 is 2.06 bits per heavy atom. The van der Waals surface area contributed by atoms with E-state index in [1.165, 1.54) is 0 Å². The lowest BCUT2D eigenvalue weighted by molar-refractivity contribution is -0.135. The Labute approximate surface area is 104 Å². The Hall–Kier alpha value is -1.09. The second-order valence-corrected chi connectivity index (χ2v) is 5.09. The van der Waals surface area contributed by atoms with Gasteiger partial charge in [-0.2, -0.15) is 0 Å². The molecule has 0 spiro atoms. The van der Waals surface area contributed by atoms with Crippen LogP contribution < -0.4 is 5.32 Å². The number of carbonyl (C=O) groups is 1. The molecule has 3 heteroatoms. The predicted octanol–water partition coefficient (Wildman–Crippen LogP) is 1.72. The van der Waals surface area contributed by atoms with Gasteiger partial charge in [0.2, 0.25) is 5.91 Å². The maximum Gasteiger partial charge on any atom is 0.241 e. The quantitative estimate of drug-likeness (QED) is 0.754. The topological polar surface area (TPSA) is 32.3 Å². The number of carbonyl (C=O) groups excluding carboxylic acids is 1. The van der Waals surface area contributed by atoms with Crippen molar-refractivity contribution < 1.29 is 4.79 Å². The van der Waals surface area contributed by atoms with Crippen LogP contribution in [0, 0.1) is 5.92 Å². The van der Waals surface area contributed by atoms with E-state index in [-0.39, 0.29) is 23.9 Å². The zero-order chi connectivity index (χ0) is 12.4. The number of hydrogen-bond acceptors (Lipinski definition) is 2. The average molecular weight is 234 g/mol. The van der Waals surface area contributed by atoms with Gasteiger partial charge in [-0.15, -0.1) is 13.2 Å². The van der Waals surface area contributed by atoms with Gasteiger partial charge in [0, 0.05) is 12.0 Å². The third-order valence-electron chi connectivity index (χ3n) is 4.08. The van der Waals surface area contributed by atoms with Crippen LogP contribution >= 0.6 is 0 Å². The van der Waals surface area contributed by atoms with Crippen LogP contribution in [-0.4, -0.2) is 35.5 Å². The van der Waals surface area contributed by atoms with E-state index in [2.05, 4.69) is 25.4 Å². The highest BCUT2D eigenvalue weighted by molar-refractivity contribution is 5.84. The van der Waals surface area contributed by atoms with E-state index in [4.69, 9.17) is 0 Å². The van der Waals surface area contributed by atoms with Crippen LogP contribution in [0.1, 0.15) is 26.2 Å². The van der Waals surface area contributed by atoms with E-state index >= 15 is 0 Å². The fourth-order valence-electron chi connectivity index (χ4n) is 3.04. The molecule has 0 radical (unpaired) electrons. The molecule has 17 heavy (non-hydrogen) atoms. The third-order valence-corrected chi connectivity index (χ3v) is 4.08. The first kappa shape index (κ1) is 12.4. The van der Waals surface area contributed by atoms with E-state index in [0.717, 1.165) is 25.8 Å². The molecule has 2 aliphatic rings. The molecule has 2 fully saturated rings. The summed E-state index contributed by atoms with van der Waals surface area (Å²) < 4.78 is 0. The molecule has 0 aromatic carbocycles. The molecule has 0 unspecified atom stereocenters. The number of nitrogens with zero attached hydrogens (tertiary/aromatic N) is 1. The summed E-state index contributed by atoms with van der Waals surface area (Å²) in [5.74, 6) is 0.503. The Morgan fingerprint density at radius 3 is 2.71 bits per heavy atom. The minimum atomic E-state index is -0.0736. The second-order valence-electron chi connectivity index (χ2n) is 5.09. The fourth-order valence-corrected chi connectivity index (χ4v) is 3.04. The van der Waals surface area contributed by atoms with Crippen LogP contribution in [-0.2, 0) is 4.79 Å². The summed E-state index contributed by atoms with van der Waals surface area (Å²) >= 11 is 0. The molecule has 0 bridgehead atoms. The Morgan fingerprint density at radius 1 is 1.29 bits per heavy atom. The van der Waals surface area contributed by atoms with E-state index in [9.17, 15) is 4.79 Å². The highest BCUT2D eigenvalue weighted by Crippen LogP contribution is 2.28. The van der Waals surface area contributed by atoms with Crippen LogP contribution in [0.2, 0.25) is 0 Å². The molecule has 2 saturated heterocycles. The van der Waals surface area contributed by atoms with Crippen molar-refractivity contribution >= 4 is 5.91 Å². The monoisotopic (exact) mass is 234 g/mol. The van der Waals surface area contributed by atoms with E-state index < -0.39 is 0 Å². The minimum Gasteiger partial charge on any atom is -0.332 e. The van der Waals surface area contributed by atoms with E-state index in [1.807, 2.05) is 17.1 Å². The third kappa shape index (κ3) is 2.16. The lowest BCUT2D eigenvalue weighted by Crippen LogP contribution is -2.49. The van der Waals surface area contributed by atoms with Crippen LogP contribution in [0.5, 0.6) is 0 Å². The summed E-state index contributed by atoms with van der Waals surface area (Å²) in [5, 5.41) is 3.30. The first-order valence-corrected chi connectivity index (χ1v) is 6.49. The van der Waals surface area contributed by atoms with Gasteiger partial charge in [-0.1, -0.05) is 12.2 Å². The molecular formula is C14H22N2O. The van der Waals surface area contributed by atoms with Crippen molar-refractivity contribution in [1.29, 1.82) is 0 Å². The van der Waals surface area contributed by atoms with Gasteiger partial charge in [-0.05, 0) is 32.7 Å². The van der Waals surface area contributed by atoms with Gasteiger partial charge in [-0.3, -0.25) is 4.79 Å². The molecule has 2 heterocycles. The van der Waals surface area contributed by atoms with Gasteiger partial charge in [0.1, 0.15) is 0 Å². The smallest absolute Gasteiger partial charge is 0.241 e. The van der Waals surface area contributed by atoms with Crippen molar-refractivity contribution in [1.82, 2.24) is 10.2 Å². The summed E-state index contributed by atoms with van der Waals surface area (Å²) in [4.78, 5) is 14.6. The van der Waals surface area contributed by atoms with Gasteiger partial charge < -0.3 is 10.2 Å². The SMILES string of the molecule is C=C[C@H]1CCN[C@@H]1C(=O)N1[C@H](C)CC[C@@H]1C=C. The molecule has 0 aromatic rings. The number of nitrogens with one attached hydrogen (secondary N) is 1. The highest BCUT2D eigenvalue weighted by Gasteiger charge is 2.39. The van der Waals surface area contributed by atoms with Crippen LogP contribution in [0.4, 0.5) is 0 Å². The minimum absolute atomic E-state index is 0.0736. The van der Waals surface area contributed by atoms with Gasteiger partial charge in [0.25, 0.3) is 0 Å². The van der Waals surface area contributed by atoms with Crippen molar-refractivity contribution in [2.24, 2.45) is 5.92 Å². The standard InChI is InChI=1S/C14H22N2O/c1-4-11-8-9-15-13(11)14(17)16-10(3)6-7-12(16)5-2/h4-5,10-13,15H,1-2,6-9H2,3H3/t10-,11+,12+,13+/m1/s1. The van der Waals surface area contributed by atoms with Crippen molar-refractivity contribution in [3.63, 3.8) is 0 Å². The Kier molecular flexibility index (Phi) is 3.67. The second kappa shape index (κ2) is 5.05. The first-order chi connectivity index (χ1) is 8.19. The molecule has 2 aliphatic heterocycles. The molecule has 94 valence electrons. The number of amides is 1. The van der Waals surface area contributed by atoms with Gasteiger partial charge in [0.15, 0.2) is 0 Å². The number of rotatable bonds is 3. The fraction of sp³-hybridized carbons (Fsp3) is 0.643. The lowest BCUT2D eigenvalue weighted by atomic mass is 9.99. The summed E-state index contributed by atoms with van der Waals surface area (Å²) in [7, 11) is 0. The number of hydrogen-bond donors (Lipinski definition) is 1. The van der Waals surface area contributed by atoms with Gasteiger partial charge >= 0.3 is 0 Å². The molecule has 0 aliphatic carbocycles. The van der Waals surface area contributed by atoms with Gasteiger partial charge in [-0.25, -0.2) is 0 Å². The summed E-state index contributed by atoms with van der Waals surface area (Å²) in [6.07, 6.45) is 6.95. The zero-order valence-corrected chi connectivity index (χ0v) is 10.6. The van der Waals surface area contributed by atoms with Crippen molar-refractivity contribution in [2.45, 2.75) is 44.3 Å². The molecular weight excluding hydrogens is 212 g/mol. The predicted molar refractivity (Wildman–Crippen MR) is 69.6 cm³/mol. The molecule has 4 atom stereocenters. The zero-order valence-electron chi connectivity index (χ0n) is 10.6. The Bertz CT molecular complexity index is 326. The molecule has 3 nitrogen and oxygen atoms in total. The molecule has 1 N–H and O–H groups in total. The van der Waals surface area contributed by atoms with Crippen LogP contribution in [0.15, 0.2) is 25.3 Å². The summed E-state index contributed by atoms with van der Waals surface area (Å²) in [6.45, 7) is 10.7. The molecule has 2 rings (SSSR count). The van der Waals surface area contributed by atoms with Crippen molar-refractivity contribution in [2.75, 3.05) is 6.54 Å². The lowest BCUT2D eigenvalue weighted by Gasteiger charge is -2.31. The molecule has 0 aromatic heterocycles.